The van der Waals surface area contributed by atoms with Gasteiger partial charge < -0.3 is 14.6 Å². The number of methoxy groups -OCH3 is 1. The molecule has 1 aliphatic rings. The van der Waals surface area contributed by atoms with E-state index in [4.69, 9.17) is 14.7 Å². The SMILES string of the molecule is COc1ccc2c(c1)CC(Nc1nc(-c3cncc(F)c3)nc3c1ncn3C(C)C)C2. The van der Waals surface area contributed by atoms with E-state index in [9.17, 15) is 4.39 Å². The summed E-state index contributed by atoms with van der Waals surface area (Å²) in [4.78, 5) is 17.9. The van der Waals surface area contributed by atoms with Crippen LogP contribution < -0.4 is 10.1 Å². The quantitative estimate of drug-likeness (QED) is 0.524. The summed E-state index contributed by atoms with van der Waals surface area (Å²) in [6.45, 7) is 4.14. The smallest absolute Gasteiger partial charge is 0.166 e. The topological polar surface area (TPSA) is 77.8 Å². The van der Waals surface area contributed by atoms with Gasteiger partial charge in [-0.15, -0.1) is 0 Å². The monoisotopic (exact) mass is 418 g/mol. The molecule has 158 valence electrons. The number of benzene rings is 1. The van der Waals surface area contributed by atoms with E-state index in [0.717, 1.165) is 18.6 Å². The fourth-order valence-corrected chi connectivity index (χ4v) is 4.08. The molecule has 1 aromatic carbocycles. The Morgan fingerprint density at radius 3 is 2.74 bits per heavy atom. The molecule has 0 spiro atoms. The molecule has 5 rings (SSSR count). The van der Waals surface area contributed by atoms with Crippen LogP contribution in [0.2, 0.25) is 0 Å². The van der Waals surface area contributed by atoms with Gasteiger partial charge in [-0.1, -0.05) is 6.07 Å². The van der Waals surface area contributed by atoms with Crippen molar-refractivity contribution >= 4 is 17.0 Å². The number of pyridine rings is 1. The van der Waals surface area contributed by atoms with Gasteiger partial charge in [-0.05, 0) is 56.0 Å². The van der Waals surface area contributed by atoms with Crippen LogP contribution >= 0.6 is 0 Å². The normalized spacial score (nSPS) is 15.5. The van der Waals surface area contributed by atoms with Crippen molar-refractivity contribution in [2.24, 2.45) is 0 Å². The first-order valence-corrected chi connectivity index (χ1v) is 10.3. The zero-order chi connectivity index (χ0) is 21.5. The highest BCUT2D eigenvalue weighted by molar-refractivity contribution is 5.85. The van der Waals surface area contributed by atoms with Crippen LogP contribution in [0.5, 0.6) is 5.75 Å². The molecule has 0 amide bonds. The molecule has 1 atom stereocenters. The molecule has 0 aliphatic heterocycles. The number of fused-ring (bicyclic) bond motifs is 2. The number of aromatic nitrogens is 5. The van der Waals surface area contributed by atoms with Crippen LogP contribution in [0.15, 0.2) is 43.0 Å². The van der Waals surface area contributed by atoms with Crippen LogP contribution in [-0.2, 0) is 12.8 Å². The predicted molar refractivity (Wildman–Crippen MR) is 117 cm³/mol. The number of halogens is 1. The Bertz CT molecular complexity index is 1270. The van der Waals surface area contributed by atoms with Crippen molar-refractivity contribution in [3.63, 3.8) is 0 Å². The van der Waals surface area contributed by atoms with Crippen molar-refractivity contribution < 1.29 is 9.13 Å². The maximum Gasteiger partial charge on any atom is 0.166 e. The fraction of sp³-hybridized carbons (Fsp3) is 0.304. The lowest BCUT2D eigenvalue weighted by Crippen LogP contribution is -2.21. The van der Waals surface area contributed by atoms with Gasteiger partial charge >= 0.3 is 0 Å². The molecule has 0 saturated carbocycles. The molecule has 3 heterocycles. The first kappa shape index (κ1) is 19.4. The van der Waals surface area contributed by atoms with Gasteiger partial charge in [-0.3, -0.25) is 4.98 Å². The van der Waals surface area contributed by atoms with Gasteiger partial charge in [0.15, 0.2) is 17.3 Å². The van der Waals surface area contributed by atoms with Gasteiger partial charge in [0.1, 0.15) is 17.1 Å². The number of ether oxygens (including phenoxy) is 1. The molecule has 0 saturated heterocycles. The highest BCUT2D eigenvalue weighted by Crippen LogP contribution is 2.31. The Kier molecular flexibility index (Phi) is 4.77. The summed E-state index contributed by atoms with van der Waals surface area (Å²) in [6.07, 6.45) is 6.26. The van der Waals surface area contributed by atoms with Gasteiger partial charge in [0.25, 0.3) is 0 Å². The van der Waals surface area contributed by atoms with E-state index < -0.39 is 5.82 Å². The van der Waals surface area contributed by atoms with E-state index >= 15 is 0 Å². The van der Waals surface area contributed by atoms with Crippen molar-refractivity contribution in [2.45, 2.75) is 38.8 Å². The summed E-state index contributed by atoms with van der Waals surface area (Å²) in [6, 6.07) is 7.93. The third-order valence-electron chi connectivity index (χ3n) is 5.63. The summed E-state index contributed by atoms with van der Waals surface area (Å²) < 4.78 is 21.1. The van der Waals surface area contributed by atoms with Gasteiger partial charge in [-0.2, -0.15) is 0 Å². The Morgan fingerprint density at radius 2 is 1.97 bits per heavy atom. The second-order valence-electron chi connectivity index (χ2n) is 8.09. The van der Waals surface area contributed by atoms with Crippen LogP contribution in [-0.4, -0.2) is 37.7 Å². The van der Waals surface area contributed by atoms with Crippen molar-refractivity contribution in [1.29, 1.82) is 0 Å². The number of imidazole rings is 1. The summed E-state index contributed by atoms with van der Waals surface area (Å²) in [5, 5.41) is 3.56. The molecule has 0 radical (unpaired) electrons. The highest BCUT2D eigenvalue weighted by Gasteiger charge is 2.24. The van der Waals surface area contributed by atoms with E-state index in [2.05, 4.69) is 41.3 Å². The molecule has 4 aromatic rings. The molecule has 0 bridgehead atoms. The highest BCUT2D eigenvalue weighted by atomic mass is 19.1. The minimum atomic E-state index is -0.423. The lowest BCUT2D eigenvalue weighted by atomic mass is 10.1. The fourth-order valence-electron chi connectivity index (χ4n) is 4.08. The molecule has 1 unspecified atom stereocenters. The van der Waals surface area contributed by atoms with Crippen molar-refractivity contribution in [3.8, 4) is 17.1 Å². The molecular weight excluding hydrogens is 395 g/mol. The lowest BCUT2D eigenvalue weighted by Gasteiger charge is -2.15. The summed E-state index contributed by atoms with van der Waals surface area (Å²) in [5.74, 6) is 1.50. The Balaban J connectivity index is 1.54. The van der Waals surface area contributed by atoms with Crippen molar-refractivity contribution in [1.82, 2.24) is 24.5 Å². The number of hydrogen-bond donors (Lipinski definition) is 1. The summed E-state index contributed by atoms with van der Waals surface area (Å²) >= 11 is 0. The van der Waals surface area contributed by atoms with Crippen molar-refractivity contribution in [2.75, 3.05) is 12.4 Å². The average Bonchev–Trinajstić information content (AvgIpc) is 3.36. The predicted octanol–water partition coefficient (Wildman–Crippen LogP) is 4.20. The molecule has 3 aromatic heterocycles. The summed E-state index contributed by atoms with van der Waals surface area (Å²) in [7, 11) is 1.68. The third kappa shape index (κ3) is 3.58. The van der Waals surface area contributed by atoms with Crippen LogP contribution in [0.4, 0.5) is 10.2 Å². The zero-order valence-corrected chi connectivity index (χ0v) is 17.6. The van der Waals surface area contributed by atoms with E-state index in [1.165, 1.54) is 23.4 Å². The first-order chi connectivity index (χ1) is 15.0. The molecular formula is C23H23FN6O. The maximum absolute atomic E-state index is 13.8. The van der Waals surface area contributed by atoms with E-state index in [1.54, 1.807) is 19.6 Å². The Labute approximate surface area is 179 Å². The van der Waals surface area contributed by atoms with Gasteiger partial charge in [0, 0.05) is 23.8 Å². The number of hydrogen-bond acceptors (Lipinski definition) is 6. The van der Waals surface area contributed by atoms with Crippen LogP contribution in [0.3, 0.4) is 0 Å². The molecule has 0 fully saturated rings. The first-order valence-electron chi connectivity index (χ1n) is 10.3. The van der Waals surface area contributed by atoms with Gasteiger partial charge in [0.2, 0.25) is 0 Å². The van der Waals surface area contributed by atoms with E-state index in [0.29, 0.717) is 28.4 Å². The lowest BCUT2D eigenvalue weighted by molar-refractivity contribution is 0.414. The van der Waals surface area contributed by atoms with E-state index in [-0.39, 0.29) is 12.1 Å². The van der Waals surface area contributed by atoms with Crippen LogP contribution in [0.25, 0.3) is 22.6 Å². The molecule has 1 aliphatic carbocycles. The summed E-state index contributed by atoms with van der Waals surface area (Å²) in [5.41, 5.74) is 4.51. The number of nitrogens with zero attached hydrogens (tertiary/aromatic N) is 5. The number of rotatable bonds is 5. The van der Waals surface area contributed by atoms with Gasteiger partial charge in [-0.25, -0.2) is 19.3 Å². The average molecular weight is 418 g/mol. The number of nitrogens with one attached hydrogen (secondary N) is 1. The second-order valence-corrected chi connectivity index (χ2v) is 8.09. The van der Waals surface area contributed by atoms with Crippen LogP contribution in [0.1, 0.15) is 31.0 Å². The molecule has 7 nitrogen and oxygen atoms in total. The van der Waals surface area contributed by atoms with Gasteiger partial charge in [0.05, 0.1) is 19.6 Å². The minimum absolute atomic E-state index is 0.169. The third-order valence-corrected chi connectivity index (χ3v) is 5.63. The molecule has 1 N–H and O–H groups in total. The zero-order valence-electron chi connectivity index (χ0n) is 17.6. The maximum atomic E-state index is 13.8. The molecule has 8 heteroatoms. The largest absolute Gasteiger partial charge is 0.497 e. The second kappa shape index (κ2) is 7.61. The number of anilines is 1. The Hall–Kier alpha value is -3.55. The van der Waals surface area contributed by atoms with Crippen LogP contribution in [0, 0.1) is 5.82 Å². The molecule has 31 heavy (non-hydrogen) atoms. The standard InChI is InChI=1S/C23H23FN6O/c1-13(2)30-12-26-20-22(27-18-7-14-4-5-19(31-3)9-15(14)8-18)28-21(29-23(20)30)16-6-17(24)11-25-10-16/h4-6,9-13,18H,7-8H2,1-3H3,(H,27,28,29). The van der Waals surface area contributed by atoms with Crippen molar-refractivity contribution in [3.05, 3.63) is 59.9 Å². The van der Waals surface area contributed by atoms with E-state index in [1.807, 2.05) is 10.6 Å². The Morgan fingerprint density at radius 1 is 1.13 bits per heavy atom. The minimum Gasteiger partial charge on any atom is -0.497 e.